The first-order chi connectivity index (χ1) is 23.0. The molecule has 2 atom stereocenters. The van der Waals surface area contributed by atoms with E-state index in [4.69, 9.17) is 10.5 Å². The molecule has 3 aromatic carbocycles. The number of unbranched alkanes of at least 4 members (excludes halogenated alkanes) is 1. The summed E-state index contributed by atoms with van der Waals surface area (Å²) in [5.41, 5.74) is 9.95. The van der Waals surface area contributed by atoms with Gasteiger partial charge in [-0.25, -0.2) is 9.78 Å². The number of esters is 1. The summed E-state index contributed by atoms with van der Waals surface area (Å²) in [7, 11) is 0. The monoisotopic (exact) mass is 652 g/mol. The lowest BCUT2D eigenvalue weighted by Crippen LogP contribution is -2.51. The molecule has 0 radical (unpaired) electrons. The molecule has 5 rings (SSSR count). The highest BCUT2D eigenvalue weighted by Gasteiger charge is 2.37. The van der Waals surface area contributed by atoms with Crippen LogP contribution in [0.5, 0.6) is 0 Å². The van der Waals surface area contributed by atoms with Gasteiger partial charge in [0.05, 0.1) is 11.6 Å². The number of likely N-dealkylation sites (tertiary alicyclic amines) is 1. The maximum Gasteiger partial charge on any atom is 0.358 e. The van der Waals surface area contributed by atoms with E-state index in [1.54, 1.807) is 4.90 Å². The van der Waals surface area contributed by atoms with Gasteiger partial charge in [-0.1, -0.05) is 91.0 Å². The van der Waals surface area contributed by atoms with Gasteiger partial charge in [0.25, 0.3) is 0 Å². The molecule has 0 aliphatic carbocycles. The average Bonchev–Trinajstić information content (AvgIpc) is 3.81. The number of nitrogens with zero attached hydrogens (tertiary/aromatic N) is 2. The Labute approximate surface area is 279 Å². The van der Waals surface area contributed by atoms with Crippen LogP contribution in [0.15, 0.2) is 96.5 Å². The topological polar surface area (TPSA) is 132 Å². The highest BCUT2D eigenvalue weighted by atomic mass is 32.1. The number of aromatic nitrogens is 1. The Hall–Kier alpha value is -4.67. The van der Waals surface area contributed by atoms with Crippen LogP contribution in [0, 0.1) is 0 Å². The summed E-state index contributed by atoms with van der Waals surface area (Å²) in [5.74, 6) is -1.77. The molecule has 0 saturated carbocycles. The number of nitrogens with one attached hydrogen (secondary N) is 1. The molecular formula is C37H40N4O5S. The lowest BCUT2D eigenvalue weighted by molar-refractivity contribution is -0.138. The van der Waals surface area contributed by atoms with Gasteiger partial charge in [-0.15, -0.1) is 11.3 Å². The van der Waals surface area contributed by atoms with Crippen molar-refractivity contribution in [2.24, 2.45) is 5.73 Å². The Balaban J connectivity index is 1.29. The summed E-state index contributed by atoms with van der Waals surface area (Å²) in [4.78, 5) is 60.3. The zero-order valence-corrected chi connectivity index (χ0v) is 27.1. The van der Waals surface area contributed by atoms with Gasteiger partial charge < -0.3 is 20.7 Å². The van der Waals surface area contributed by atoms with Crippen LogP contribution >= 0.6 is 11.3 Å². The zero-order valence-electron chi connectivity index (χ0n) is 26.3. The Kier molecular flexibility index (Phi) is 12.0. The Morgan fingerprint density at radius 3 is 2.19 bits per heavy atom. The lowest BCUT2D eigenvalue weighted by atomic mass is 9.88. The molecule has 244 valence electrons. The minimum Gasteiger partial charge on any atom is -0.456 e. The van der Waals surface area contributed by atoms with E-state index in [1.165, 1.54) is 5.51 Å². The zero-order chi connectivity index (χ0) is 33.0. The highest BCUT2D eigenvalue weighted by molar-refractivity contribution is 7.12. The van der Waals surface area contributed by atoms with Crippen LogP contribution in [0.3, 0.4) is 0 Å². The van der Waals surface area contributed by atoms with Gasteiger partial charge in [-0.05, 0) is 55.3 Å². The predicted octanol–water partition coefficient (Wildman–Crippen LogP) is 5.51. The van der Waals surface area contributed by atoms with Gasteiger partial charge in [0.15, 0.2) is 11.5 Å². The molecule has 3 N–H and O–H groups in total. The highest BCUT2D eigenvalue weighted by Crippen LogP contribution is 2.30. The summed E-state index contributed by atoms with van der Waals surface area (Å²) in [6, 6.07) is 27.4. The predicted molar refractivity (Wildman–Crippen MR) is 181 cm³/mol. The van der Waals surface area contributed by atoms with Crippen LogP contribution in [0.1, 0.15) is 81.3 Å². The molecule has 47 heavy (non-hydrogen) atoms. The van der Waals surface area contributed by atoms with Crippen molar-refractivity contribution in [3.05, 3.63) is 124 Å². The number of nitrogens with two attached hydrogens (primary N) is 1. The van der Waals surface area contributed by atoms with E-state index in [2.05, 4.69) is 10.3 Å². The molecule has 1 aromatic heterocycles. The largest absolute Gasteiger partial charge is 0.456 e. The van der Waals surface area contributed by atoms with Crippen molar-refractivity contribution in [1.29, 1.82) is 0 Å². The maximum absolute atomic E-state index is 13.9. The molecule has 0 unspecified atom stereocenters. The number of amides is 2. The van der Waals surface area contributed by atoms with Gasteiger partial charge in [0.1, 0.15) is 17.5 Å². The summed E-state index contributed by atoms with van der Waals surface area (Å²) in [6.07, 6.45) is 3.00. The van der Waals surface area contributed by atoms with Crippen LogP contribution in [-0.4, -0.2) is 58.6 Å². The van der Waals surface area contributed by atoms with E-state index in [9.17, 15) is 19.2 Å². The van der Waals surface area contributed by atoms with Crippen molar-refractivity contribution in [2.75, 3.05) is 13.1 Å². The normalized spacial score (nSPS) is 14.9. The molecule has 10 heteroatoms. The van der Waals surface area contributed by atoms with E-state index < -0.39 is 23.8 Å². The summed E-state index contributed by atoms with van der Waals surface area (Å²) in [5, 5.41) is 2.94. The SMILES string of the molecule is NCCCC[C@H](NC(=O)[C@@H]1CCCN1C(=O)CC(c1ccccc1)c1ccccc1)C(=O)c1scnc1C(=O)OCc1ccccc1. The third-order valence-electron chi connectivity index (χ3n) is 8.44. The second kappa shape index (κ2) is 16.8. The number of Topliss-reactive ketones (excluding diaryl/α,β-unsaturated/α-hetero) is 1. The smallest absolute Gasteiger partial charge is 0.358 e. The number of thiazole rings is 1. The van der Waals surface area contributed by atoms with E-state index in [-0.39, 0.29) is 41.3 Å². The van der Waals surface area contributed by atoms with E-state index >= 15 is 0 Å². The molecule has 1 aliphatic rings. The van der Waals surface area contributed by atoms with E-state index in [0.717, 1.165) is 28.0 Å². The number of carbonyl (C=O) groups excluding carboxylic acids is 4. The summed E-state index contributed by atoms with van der Waals surface area (Å²) in [6.45, 7) is 0.953. The Morgan fingerprint density at radius 2 is 1.55 bits per heavy atom. The van der Waals surface area contributed by atoms with Crippen molar-refractivity contribution in [3.8, 4) is 0 Å². The standard InChI is InChI=1S/C37H40N4O5S/c38-21-11-10-19-30(34(43)35-33(39-25-47-35)37(45)46-24-26-13-4-1-5-14-26)40-36(44)31-20-12-22-41(31)32(42)23-29(27-15-6-2-7-16-27)28-17-8-3-9-18-28/h1-9,13-18,25,29-31H,10-12,19-24,38H2,(H,40,44)/t30-,31-/m0/s1. The van der Waals surface area contributed by atoms with E-state index in [1.807, 2.05) is 91.0 Å². The van der Waals surface area contributed by atoms with Crippen LogP contribution < -0.4 is 11.1 Å². The molecular weight excluding hydrogens is 612 g/mol. The van der Waals surface area contributed by atoms with Gasteiger partial charge >= 0.3 is 5.97 Å². The molecule has 1 fully saturated rings. The molecule has 2 amide bonds. The Bertz CT molecular complexity index is 1590. The van der Waals surface area contributed by atoms with Crippen molar-refractivity contribution < 1.29 is 23.9 Å². The Morgan fingerprint density at radius 1 is 0.915 bits per heavy atom. The number of carbonyl (C=O) groups is 4. The molecule has 0 spiro atoms. The first-order valence-corrected chi connectivity index (χ1v) is 16.9. The molecule has 1 aliphatic heterocycles. The number of ketones is 1. The number of rotatable bonds is 15. The van der Waals surface area contributed by atoms with Crippen molar-refractivity contribution in [2.45, 2.75) is 63.1 Å². The second-order valence-electron chi connectivity index (χ2n) is 11.6. The molecule has 0 bridgehead atoms. The summed E-state index contributed by atoms with van der Waals surface area (Å²) < 4.78 is 5.44. The fourth-order valence-corrected chi connectivity index (χ4v) is 6.74. The first kappa shape index (κ1) is 33.7. The van der Waals surface area contributed by atoms with Crippen LogP contribution in [0.2, 0.25) is 0 Å². The van der Waals surface area contributed by atoms with Gasteiger partial charge in [0, 0.05) is 18.9 Å². The quantitative estimate of drug-likeness (QED) is 0.0984. The van der Waals surface area contributed by atoms with Crippen molar-refractivity contribution >= 4 is 34.9 Å². The van der Waals surface area contributed by atoms with Gasteiger partial charge in [-0.3, -0.25) is 14.4 Å². The number of ether oxygens (including phenoxy) is 1. The van der Waals surface area contributed by atoms with Crippen LogP contribution in [0.4, 0.5) is 0 Å². The van der Waals surface area contributed by atoms with Gasteiger partial charge in [0.2, 0.25) is 11.8 Å². The molecule has 4 aromatic rings. The molecule has 1 saturated heterocycles. The number of benzene rings is 3. The summed E-state index contributed by atoms with van der Waals surface area (Å²) >= 11 is 1.04. The van der Waals surface area contributed by atoms with Crippen LogP contribution in [-0.2, 0) is 20.9 Å². The van der Waals surface area contributed by atoms with Crippen LogP contribution in [0.25, 0.3) is 0 Å². The fourth-order valence-electron chi connectivity index (χ4n) is 5.97. The molecule has 2 heterocycles. The third kappa shape index (κ3) is 8.78. The first-order valence-electron chi connectivity index (χ1n) is 16.0. The van der Waals surface area contributed by atoms with Gasteiger partial charge in [-0.2, -0.15) is 0 Å². The molecule has 9 nitrogen and oxygen atoms in total. The minimum absolute atomic E-state index is 0.0441. The fraction of sp³-hybridized carbons (Fsp3) is 0.324. The average molecular weight is 653 g/mol. The maximum atomic E-state index is 13.9. The third-order valence-corrected chi connectivity index (χ3v) is 9.28. The minimum atomic E-state index is -0.908. The van der Waals surface area contributed by atoms with E-state index in [0.29, 0.717) is 45.2 Å². The van der Waals surface area contributed by atoms with Crippen molar-refractivity contribution in [3.63, 3.8) is 0 Å². The lowest BCUT2D eigenvalue weighted by Gasteiger charge is -2.28. The number of hydrogen-bond acceptors (Lipinski definition) is 8. The number of hydrogen-bond donors (Lipinski definition) is 2. The van der Waals surface area contributed by atoms with Crippen molar-refractivity contribution in [1.82, 2.24) is 15.2 Å². The second-order valence-corrected chi connectivity index (χ2v) is 12.5.